The standard InChI is InChI=1S/C8H14O2/c1-6-2-3-7(5-9)8(10)4-6/h2-3,6-10H,4-5H2,1H3/t6-,7-,8?/m0/s1. The Labute approximate surface area is 61.2 Å². The fraction of sp³-hybridized carbons (Fsp3) is 0.750. The van der Waals surface area contributed by atoms with Gasteiger partial charge in [0.15, 0.2) is 0 Å². The van der Waals surface area contributed by atoms with Crippen LogP contribution in [0.1, 0.15) is 13.3 Å². The lowest BCUT2D eigenvalue weighted by atomic mass is 9.87. The van der Waals surface area contributed by atoms with E-state index < -0.39 is 0 Å². The van der Waals surface area contributed by atoms with Crippen molar-refractivity contribution in [2.24, 2.45) is 11.8 Å². The molecule has 2 heteroatoms. The second-order valence-corrected chi connectivity index (χ2v) is 3.01. The molecule has 2 nitrogen and oxygen atoms in total. The van der Waals surface area contributed by atoms with Crippen LogP contribution in [0.15, 0.2) is 12.2 Å². The van der Waals surface area contributed by atoms with Gasteiger partial charge in [0.2, 0.25) is 0 Å². The molecule has 3 atom stereocenters. The topological polar surface area (TPSA) is 40.5 Å². The minimum atomic E-state index is -0.343. The Kier molecular flexibility index (Phi) is 2.46. The summed E-state index contributed by atoms with van der Waals surface area (Å²) in [5.74, 6) is 0.425. The zero-order chi connectivity index (χ0) is 7.56. The van der Waals surface area contributed by atoms with Gasteiger partial charge in [0.05, 0.1) is 12.7 Å². The molecule has 0 aliphatic heterocycles. The molecule has 58 valence electrons. The van der Waals surface area contributed by atoms with Crippen molar-refractivity contribution in [3.8, 4) is 0 Å². The Morgan fingerprint density at radius 2 is 2.20 bits per heavy atom. The summed E-state index contributed by atoms with van der Waals surface area (Å²) in [5.41, 5.74) is 0. The van der Waals surface area contributed by atoms with Gasteiger partial charge in [-0.3, -0.25) is 0 Å². The molecule has 0 saturated carbocycles. The third-order valence-electron chi connectivity index (χ3n) is 2.01. The first-order chi connectivity index (χ1) is 4.74. The minimum Gasteiger partial charge on any atom is -0.396 e. The van der Waals surface area contributed by atoms with E-state index in [1.165, 1.54) is 0 Å². The number of hydrogen-bond acceptors (Lipinski definition) is 2. The summed E-state index contributed by atoms with van der Waals surface area (Å²) in [6.07, 6.45) is 4.39. The second kappa shape index (κ2) is 3.17. The van der Waals surface area contributed by atoms with Gasteiger partial charge in [-0.2, -0.15) is 0 Å². The molecule has 1 aliphatic carbocycles. The SMILES string of the molecule is C[C@H]1C=C[C@@H](CO)C(O)C1. The van der Waals surface area contributed by atoms with Crippen LogP contribution in [0.2, 0.25) is 0 Å². The van der Waals surface area contributed by atoms with Gasteiger partial charge in [0.1, 0.15) is 0 Å². The van der Waals surface area contributed by atoms with E-state index in [0.29, 0.717) is 5.92 Å². The fourth-order valence-electron chi connectivity index (χ4n) is 1.28. The van der Waals surface area contributed by atoms with E-state index in [1.54, 1.807) is 0 Å². The predicted molar refractivity (Wildman–Crippen MR) is 39.5 cm³/mol. The Morgan fingerprint density at radius 3 is 2.70 bits per heavy atom. The average molecular weight is 142 g/mol. The van der Waals surface area contributed by atoms with Crippen LogP contribution in [0, 0.1) is 11.8 Å². The third kappa shape index (κ3) is 1.58. The molecule has 0 fully saturated rings. The van der Waals surface area contributed by atoms with E-state index in [1.807, 2.05) is 12.2 Å². The van der Waals surface area contributed by atoms with Gasteiger partial charge < -0.3 is 10.2 Å². The molecule has 1 unspecified atom stereocenters. The van der Waals surface area contributed by atoms with Gasteiger partial charge in [-0.25, -0.2) is 0 Å². The monoisotopic (exact) mass is 142 g/mol. The van der Waals surface area contributed by atoms with E-state index in [0.717, 1.165) is 6.42 Å². The van der Waals surface area contributed by atoms with E-state index in [4.69, 9.17) is 5.11 Å². The minimum absolute atomic E-state index is 0.0313. The predicted octanol–water partition coefficient (Wildman–Crippen LogP) is 0.552. The van der Waals surface area contributed by atoms with Crippen molar-refractivity contribution in [3.05, 3.63) is 12.2 Å². The van der Waals surface area contributed by atoms with Crippen LogP contribution in [-0.4, -0.2) is 22.9 Å². The summed E-state index contributed by atoms with van der Waals surface area (Å²) in [6.45, 7) is 2.12. The molecule has 0 spiro atoms. The molecular formula is C8H14O2. The molecule has 0 aromatic carbocycles. The molecule has 0 amide bonds. The smallest absolute Gasteiger partial charge is 0.0630 e. The molecule has 1 rings (SSSR count). The van der Waals surface area contributed by atoms with Gasteiger partial charge in [-0.15, -0.1) is 0 Å². The fourth-order valence-corrected chi connectivity index (χ4v) is 1.28. The zero-order valence-corrected chi connectivity index (χ0v) is 6.20. The van der Waals surface area contributed by atoms with Crippen LogP contribution in [0.25, 0.3) is 0 Å². The molecule has 0 aromatic rings. The number of aliphatic hydroxyl groups excluding tert-OH is 2. The van der Waals surface area contributed by atoms with Gasteiger partial charge >= 0.3 is 0 Å². The molecule has 0 saturated heterocycles. The highest BCUT2D eigenvalue weighted by Crippen LogP contribution is 2.21. The van der Waals surface area contributed by atoms with Crippen LogP contribution in [0.4, 0.5) is 0 Å². The first-order valence-electron chi connectivity index (χ1n) is 3.71. The summed E-state index contributed by atoms with van der Waals surface area (Å²) in [5, 5.41) is 18.1. The lowest BCUT2D eigenvalue weighted by Gasteiger charge is -2.24. The molecule has 0 bridgehead atoms. The average Bonchev–Trinajstić information content (AvgIpc) is 1.88. The number of aliphatic hydroxyl groups is 2. The van der Waals surface area contributed by atoms with Crippen molar-refractivity contribution in [1.29, 1.82) is 0 Å². The first kappa shape index (κ1) is 7.76. The third-order valence-corrected chi connectivity index (χ3v) is 2.01. The zero-order valence-electron chi connectivity index (χ0n) is 6.20. The maximum atomic E-state index is 9.33. The molecule has 1 aliphatic rings. The van der Waals surface area contributed by atoms with Crippen molar-refractivity contribution in [1.82, 2.24) is 0 Å². The van der Waals surface area contributed by atoms with Crippen LogP contribution in [0.5, 0.6) is 0 Å². The van der Waals surface area contributed by atoms with Crippen LogP contribution in [0.3, 0.4) is 0 Å². The maximum Gasteiger partial charge on any atom is 0.0630 e. The molecule has 10 heavy (non-hydrogen) atoms. The van der Waals surface area contributed by atoms with Gasteiger partial charge in [-0.1, -0.05) is 19.1 Å². The highest BCUT2D eigenvalue weighted by molar-refractivity contribution is 5.00. The first-order valence-corrected chi connectivity index (χ1v) is 3.71. The summed E-state index contributed by atoms with van der Waals surface area (Å²) in [4.78, 5) is 0. The van der Waals surface area contributed by atoms with Crippen LogP contribution >= 0.6 is 0 Å². The quantitative estimate of drug-likeness (QED) is 0.525. The number of hydrogen-bond donors (Lipinski definition) is 2. The van der Waals surface area contributed by atoms with Crippen molar-refractivity contribution in [3.63, 3.8) is 0 Å². The van der Waals surface area contributed by atoms with Crippen molar-refractivity contribution >= 4 is 0 Å². The van der Waals surface area contributed by atoms with Crippen LogP contribution < -0.4 is 0 Å². The summed E-state index contributed by atoms with van der Waals surface area (Å²) in [6, 6.07) is 0. The van der Waals surface area contributed by atoms with Crippen molar-refractivity contribution < 1.29 is 10.2 Å². The number of allylic oxidation sites excluding steroid dienone is 1. The highest BCUT2D eigenvalue weighted by Gasteiger charge is 2.21. The van der Waals surface area contributed by atoms with Crippen LogP contribution in [-0.2, 0) is 0 Å². The molecule has 2 N–H and O–H groups in total. The summed E-state index contributed by atoms with van der Waals surface area (Å²) >= 11 is 0. The van der Waals surface area contributed by atoms with E-state index >= 15 is 0 Å². The Hall–Kier alpha value is -0.340. The Bertz CT molecular complexity index is 131. The lowest BCUT2D eigenvalue weighted by Crippen LogP contribution is -2.26. The molecule has 0 aromatic heterocycles. The van der Waals surface area contributed by atoms with Gasteiger partial charge in [-0.05, 0) is 12.3 Å². The molecule has 0 radical (unpaired) electrons. The Balaban J connectivity index is 2.53. The molecule has 0 heterocycles. The second-order valence-electron chi connectivity index (χ2n) is 3.01. The Morgan fingerprint density at radius 1 is 1.50 bits per heavy atom. The lowest BCUT2D eigenvalue weighted by molar-refractivity contribution is 0.0706. The maximum absolute atomic E-state index is 9.33. The summed E-state index contributed by atoms with van der Waals surface area (Å²) < 4.78 is 0. The van der Waals surface area contributed by atoms with Crippen molar-refractivity contribution in [2.45, 2.75) is 19.4 Å². The van der Waals surface area contributed by atoms with E-state index in [-0.39, 0.29) is 18.6 Å². The molecular weight excluding hydrogens is 128 g/mol. The normalized spacial score (nSPS) is 40.1. The largest absolute Gasteiger partial charge is 0.396 e. The van der Waals surface area contributed by atoms with Gasteiger partial charge in [0.25, 0.3) is 0 Å². The van der Waals surface area contributed by atoms with E-state index in [2.05, 4.69) is 6.92 Å². The van der Waals surface area contributed by atoms with Gasteiger partial charge in [0, 0.05) is 5.92 Å². The van der Waals surface area contributed by atoms with Crippen molar-refractivity contribution in [2.75, 3.05) is 6.61 Å². The highest BCUT2D eigenvalue weighted by atomic mass is 16.3. The number of rotatable bonds is 1. The van der Waals surface area contributed by atoms with E-state index in [9.17, 15) is 5.11 Å². The summed E-state index contributed by atoms with van der Waals surface area (Å²) in [7, 11) is 0.